The number of nitrogens with zero attached hydrogens (tertiary/aromatic N) is 3. The maximum atomic E-state index is 4.08. The number of halogens is 1. The summed E-state index contributed by atoms with van der Waals surface area (Å²) < 4.78 is 0.946. The second-order valence-electron chi connectivity index (χ2n) is 2.04. The summed E-state index contributed by atoms with van der Waals surface area (Å²) >= 11 is 3.31. The first-order valence-corrected chi connectivity index (χ1v) is 3.89. The predicted octanol–water partition coefficient (Wildman–Crippen LogP) is 1.38. The van der Waals surface area contributed by atoms with Crippen molar-refractivity contribution in [2.75, 3.05) is 14.1 Å². The lowest BCUT2D eigenvalue weighted by Crippen LogP contribution is -2.13. The minimum absolute atomic E-state index is 0.718. The van der Waals surface area contributed by atoms with Crippen LogP contribution in [0.5, 0.6) is 0 Å². The fourth-order valence-electron chi connectivity index (χ4n) is 0.701. The van der Waals surface area contributed by atoms with Gasteiger partial charge >= 0.3 is 0 Å². The maximum absolute atomic E-state index is 4.08. The molecule has 3 nitrogen and oxygen atoms in total. The van der Waals surface area contributed by atoms with Gasteiger partial charge in [-0.05, 0) is 15.9 Å². The lowest BCUT2D eigenvalue weighted by Gasteiger charge is -2.15. The van der Waals surface area contributed by atoms with E-state index in [-0.39, 0.29) is 0 Å². The van der Waals surface area contributed by atoms with E-state index < -0.39 is 0 Å². The zero-order chi connectivity index (χ0) is 8.27. The summed E-state index contributed by atoms with van der Waals surface area (Å²) in [5.74, 6) is 3.48. The summed E-state index contributed by atoms with van der Waals surface area (Å²) in [6, 6.07) is 0. The Kier molecular flexibility index (Phi) is 2.63. The minimum atomic E-state index is 0.718. The van der Waals surface area contributed by atoms with Crippen LogP contribution in [-0.4, -0.2) is 31.1 Å². The van der Waals surface area contributed by atoms with Gasteiger partial charge in [0.1, 0.15) is 0 Å². The molecule has 0 amide bonds. The van der Waals surface area contributed by atoms with Gasteiger partial charge < -0.3 is 4.90 Å². The summed E-state index contributed by atoms with van der Waals surface area (Å²) in [6.45, 7) is 0. The molecule has 0 fully saturated rings. The molecule has 0 aliphatic carbocycles. The quantitative estimate of drug-likeness (QED) is 0.560. The van der Waals surface area contributed by atoms with Crippen LogP contribution in [0.2, 0.25) is 0 Å². The van der Waals surface area contributed by atoms with E-state index in [0.29, 0.717) is 0 Å². The number of hydrogen-bond acceptors (Lipinski definition) is 3. The normalized spacial score (nSPS) is 16.1. The highest BCUT2D eigenvalue weighted by atomic mass is 79.9. The van der Waals surface area contributed by atoms with Gasteiger partial charge in [-0.15, -0.1) is 0 Å². The Morgan fingerprint density at radius 1 is 1.73 bits per heavy atom. The van der Waals surface area contributed by atoms with Gasteiger partial charge in [0.2, 0.25) is 0 Å². The first kappa shape index (κ1) is 8.24. The average molecular weight is 214 g/mol. The molecule has 0 aromatic carbocycles. The van der Waals surface area contributed by atoms with Crippen molar-refractivity contribution in [1.82, 2.24) is 4.90 Å². The third kappa shape index (κ3) is 2.03. The monoisotopic (exact) mass is 213 g/mol. The maximum Gasteiger partial charge on any atom is 0.195 e. The molecule has 0 bridgehead atoms. The smallest absolute Gasteiger partial charge is 0.195 e. The number of rotatable bonds is 0. The molecule has 0 saturated heterocycles. The largest absolute Gasteiger partial charge is 0.327 e. The summed E-state index contributed by atoms with van der Waals surface area (Å²) in [5, 5.41) is 0. The van der Waals surface area contributed by atoms with E-state index in [1.54, 1.807) is 13.3 Å². The first-order chi connectivity index (χ1) is 5.24. The molecule has 0 aromatic heterocycles. The highest BCUT2D eigenvalue weighted by molar-refractivity contribution is 9.12. The molecule has 1 rings (SSSR count). The third-order valence-corrected chi connectivity index (χ3v) is 1.58. The lowest BCUT2D eigenvalue weighted by molar-refractivity contribution is 0.567. The van der Waals surface area contributed by atoms with Crippen LogP contribution in [-0.2, 0) is 0 Å². The number of aliphatic imine (C=N–C) groups is 2. The number of hydrogen-bond donors (Lipinski definition) is 0. The van der Waals surface area contributed by atoms with Gasteiger partial charge in [-0.1, -0.05) is 0 Å². The van der Waals surface area contributed by atoms with E-state index in [1.807, 2.05) is 18.1 Å². The van der Waals surface area contributed by atoms with Crippen molar-refractivity contribution in [2.45, 2.75) is 0 Å². The minimum Gasteiger partial charge on any atom is -0.327 e. The Bertz CT molecular complexity index is 271. The van der Waals surface area contributed by atoms with Crippen molar-refractivity contribution in [3.63, 3.8) is 0 Å². The standard InChI is InChI=1S/C7H8BrN3/c1-9-4-7-10-3-6(8)5-11(7)2/h3,5H,1-2H3. The van der Waals surface area contributed by atoms with Crippen molar-refractivity contribution < 1.29 is 0 Å². The highest BCUT2D eigenvalue weighted by Gasteiger charge is 2.04. The SMILES string of the molecule is CN=C=C1N=CC(Br)=CN1C. The fourth-order valence-corrected chi connectivity index (χ4v) is 1.11. The van der Waals surface area contributed by atoms with E-state index in [1.165, 1.54) is 0 Å². The van der Waals surface area contributed by atoms with Crippen LogP contribution in [0.15, 0.2) is 26.5 Å². The van der Waals surface area contributed by atoms with Gasteiger partial charge in [0.05, 0.1) is 4.48 Å². The summed E-state index contributed by atoms with van der Waals surface area (Å²) in [4.78, 5) is 9.67. The molecule has 0 spiro atoms. The van der Waals surface area contributed by atoms with Gasteiger partial charge in [0.15, 0.2) is 5.82 Å². The molecule has 0 unspecified atom stereocenters. The Labute approximate surface area is 74.0 Å². The van der Waals surface area contributed by atoms with Crippen LogP contribution < -0.4 is 0 Å². The van der Waals surface area contributed by atoms with Crippen LogP contribution >= 0.6 is 15.9 Å². The molecule has 1 heterocycles. The van der Waals surface area contributed by atoms with Crippen LogP contribution in [0, 0.1) is 0 Å². The molecule has 1 aliphatic rings. The topological polar surface area (TPSA) is 28.0 Å². The van der Waals surface area contributed by atoms with Crippen molar-refractivity contribution in [2.24, 2.45) is 9.98 Å². The fraction of sp³-hybridized carbons (Fsp3) is 0.286. The van der Waals surface area contributed by atoms with Crippen molar-refractivity contribution in [3.8, 4) is 0 Å². The Morgan fingerprint density at radius 3 is 3.00 bits per heavy atom. The summed E-state index contributed by atoms with van der Waals surface area (Å²) in [7, 11) is 3.56. The molecule has 0 atom stereocenters. The van der Waals surface area contributed by atoms with Gasteiger partial charge in [-0.3, -0.25) is 0 Å². The van der Waals surface area contributed by atoms with Crippen LogP contribution in [0.25, 0.3) is 0 Å². The molecule has 58 valence electrons. The van der Waals surface area contributed by atoms with Crippen molar-refractivity contribution >= 4 is 28.0 Å². The van der Waals surface area contributed by atoms with E-state index in [9.17, 15) is 0 Å². The van der Waals surface area contributed by atoms with Crippen LogP contribution in [0.3, 0.4) is 0 Å². The van der Waals surface area contributed by atoms with Gasteiger partial charge in [-0.25, -0.2) is 9.98 Å². The zero-order valence-corrected chi connectivity index (χ0v) is 7.96. The van der Waals surface area contributed by atoms with Gasteiger partial charge in [0, 0.05) is 32.4 Å². The van der Waals surface area contributed by atoms with Crippen molar-refractivity contribution in [3.05, 3.63) is 16.5 Å². The van der Waals surface area contributed by atoms with E-state index >= 15 is 0 Å². The second-order valence-corrected chi connectivity index (χ2v) is 2.96. The van der Waals surface area contributed by atoms with E-state index in [2.05, 4.69) is 31.8 Å². The molecule has 4 heteroatoms. The molecule has 1 aliphatic heterocycles. The van der Waals surface area contributed by atoms with E-state index in [0.717, 1.165) is 10.3 Å². The molecular weight excluding hydrogens is 206 g/mol. The predicted molar refractivity (Wildman–Crippen MR) is 50.1 cm³/mol. The summed E-state index contributed by atoms with van der Waals surface area (Å²) in [6.07, 6.45) is 3.62. The molecule has 0 aromatic rings. The van der Waals surface area contributed by atoms with Crippen LogP contribution in [0.4, 0.5) is 0 Å². The second kappa shape index (κ2) is 3.51. The molecule has 0 N–H and O–H groups in total. The zero-order valence-electron chi connectivity index (χ0n) is 6.37. The molecule has 0 saturated carbocycles. The average Bonchev–Trinajstić information content (AvgIpc) is 1.95. The Morgan fingerprint density at radius 2 is 2.45 bits per heavy atom. The molecular formula is C7H8BrN3. The lowest BCUT2D eigenvalue weighted by atomic mass is 10.5. The van der Waals surface area contributed by atoms with Gasteiger partial charge in [-0.2, -0.15) is 0 Å². The van der Waals surface area contributed by atoms with Crippen molar-refractivity contribution in [1.29, 1.82) is 0 Å². The molecule has 0 radical (unpaired) electrons. The Balaban J connectivity index is 2.94. The summed E-state index contributed by atoms with van der Waals surface area (Å²) in [5.41, 5.74) is 0. The van der Waals surface area contributed by atoms with Gasteiger partial charge in [0.25, 0.3) is 0 Å². The first-order valence-electron chi connectivity index (χ1n) is 3.10. The van der Waals surface area contributed by atoms with Crippen LogP contribution in [0.1, 0.15) is 0 Å². The molecule has 11 heavy (non-hydrogen) atoms. The third-order valence-electron chi connectivity index (χ3n) is 1.17. The van der Waals surface area contributed by atoms with E-state index in [4.69, 9.17) is 0 Å². The Hall–Kier alpha value is -0.860. The highest BCUT2D eigenvalue weighted by Crippen LogP contribution is 2.12. The number of allylic oxidation sites excluding steroid dienone is 1.